The average Bonchev–Trinajstić information content (AvgIpc) is 3.00. The number of hydrogen-bond acceptors (Lipinski definition) is 9. The quantitative estimate of drug-likeness (QED) is 0.162. The predicted octanol–water partition coefficient (Wildman–Crippen LogP) is 6.42. The number of aryl methyl sites for hydroxylation is 1. The molecule has 3 N–H and O–H groups in total. The predicted molar refractivity (Wildman–Crippen MR) is 163 cm³/mol. The Morgan fingerprint density at radius 1 is 0.956 bits per heavy atom. The number of alkyl halides is 3. The van der Waals surface area contributed by atoms with E-state index in [1.54, 1.807) is 18.2 Å². The molecule has 14 heteroatoms. The van der Waals surface area contributed by atoms with Crippen molar-refractivity contribution < 1.29 is 36.9 Å². The second-order valence-corrected chi connectivity index (χ2v) is 10.2. The number of hydrogen-bond donors (Lipinski definition) is 3. The van der Waals surface area contributed by atoms with E-state index in [1.165, 1.54) is 13.2 Å². The fourth-order valence-electron chi connectivity index (χ4n) is 4.84. The maximum absolute atomic E-state index is 12.9. The Labute approximate surface area is 257 Å². The third kappa shape index (κ3) is 8.86. The van der Waals surface area contributed by atoms with Gasteiger partial charge in [0.2, 0.25) is 11.8 Å². The summed E-state index contributed by atoms with van der Waals surface area (Å²) in [5.74, 6) is 0.976. The van der Waals surface area contributed by atoms with Crippen LogP contribution in [0.2, 0.25) is 0 Å². The zero-order valence-corrected chi connectivity index (χ0v) is 24.7. The molecule has 5 rings (SSSR count). The number of carbonyl (C=O) groups excluding carboxylic acids is 1. The molecule has 0 radical (unpaired) electrons. The maximum Gasteiger partial charge on any atom is 0.573 e. The van der Waals surface area contributed by atoms with E-state index in [0.717, 1.165) is 57.1 Å². The molecule has 0 unspecified atom stereocenters. The van der Waals surface area contributed by atoms with Gasteiger partial charge in [-0.15, -0.1) is 13.2 Å². The molecule has 1 aromatic heterocycles. The van der Waals surface area contributed by atoms with Crippen molar-refractivity contribution in [1.29, 1.82) is 0 Å². The zero-order valence-electron chi connectivity index (χ0n) is 24.7. The second kappa shape index (κ2) is 14.3. The number of nitrogens with zero attached hydrogens (tertiary/aromatic N) is 3. The number of carbonyl (C=O) groups is 1. The number of rotatable bonds is 11. The first-order chi connectivity index (χ1) is 21.7. The highest BCUT2D eigenvalue weighted by Crippen LogP contribution is 2.35. The maximum atomic E-state index is 12.9. The Kier molecular flexibility index (Phi) is 10.0. The van der Waals surface area contributed by atoms with Crippen molar-refractivity contribution >= 4 is 34.1 Å². The summed E-state index contributed by atoms with van der Waals surface area (Å²) < 4.78 is 58.8. The summed E-state index contributed by atoms with van der Waals surface area (Å²) in [4.78, 5) is 24.3. The third-order valence-electron chi connectivity index (χ3n) is 6.87. The number of urea groups is 1. The molecule has 4 aromatic rings. The van der Waals surface area contributed by atoms with Gasteiger partial charge in [-0.05, 0) is 44.2 Å². The second-order valence-electron chi connectivity index (χ2n) is 10.2. The Morgan fingerprint density at radius 2 is 1.69 bits per heavy atom. The van der Waals surface area contributed by atoms with E-state index >= 15 is 0 Å². The minimum absolute atomic E-state index is 0.00866. The Balaban J connectivity index is 1.27. The van der Waals surface area contributed by atoms with E-state index in [4.69, 9.17) is 14.2 Å². The molecular formula is C31H33F3N6O5. The van der Waals surface area contributed by atoms with Gasteiger partial charge in [0.15, 0.2) is 0 Å². The van der Waals surface area contributed by atoms with Gasteiger partial charge in [-0.3, -0.25) is 4.90 Å². The molecule has 0 atom stereocenters. The SMILES string of the molecule is COc1ccc(OC(F)(F)F)cc1NC(=O)Nc1ccc(Oc2cc(C)nc(NCCCN3CCOCC3)n2)c2ccccc12. The van der Waals surface area contributed by atoms with Crippen molar-refractivity contribution in [2.75, 3.05) is 62.5 Å². The fourth-order valence-corrected chi connectivity index (χ4v) is 4.84. The summed E-state index contributed by atoms with van der Waals surface area (Å²) in [6.45, 7) is 6.94. The van der Waals surface area contributed by atoms with Crippen molar-refractivity contribution in [3.8, 4) is 23.1 Å². The molecule has 0 aliphatic carbocycles. The van der Waals surface area contributed by atoms with Crippen LogP contribution in [0.1, 0.15) is 12.1 Å². The fraction of sp³-hybridized carbons (Fsp3) is 0.323. The van der Waals surface area contributed by atoms with E-state index in [1.807, 2.05) is 31.2 Å². The highest BCUT2D eigenvalue weighted by Gasteiger charge is 2.31. The molecule has 11 nitrogen and oxygen atoms in total. The Bertz CT molecular complexity index is 1630. The molecule has 1 saturated heterocycles. The van der Waals surface area contributed by atoms with Gasteiger partial charge < -0.3 is 34.9 Å². The molecule has 0 spiro atoms. The normalized spacial score (nSPS) is 13.7. The van der Waals surface area contributed by atoms with Crippen LogP contribution in [0.4, 0.5) is 35.3 Å². The summed E-state index contributed by atoms with van der Waals surface area (Å²) in [5, 5.41) is 9.90. The number of benzene rings is 3. The standard InChI is InChI=1S/C31H33F3N6O5/c1-20-18-28(39-29(36-20)35-12-5-13-40-14-16-43-17-15-40)44-26-11-9-24(22-6-3-4-7-23(22)26)37-30(41)38-25-19-21(45-31(32,33)34)8-10-27(25)42-2/h3-4,6-11,18-19H,5,12-17H2,1-2H3,(H,35,36,39)(H2,37,38,41). The third-order valence-corrected chi connectivity index (χ3v) is 6.87. The van der Waals surface area contributed by atoms with Gasteiger partial charge >= 0.3 is 12.4 Å². The van der Waals surface area contributed by atoms with Gasteiger partial charge in [-0.2, -0.15) is 4.98 Å². The highest BCUT2D eigenvalue weighted by atomic mass is 19.4. The number of methoxy groups -OCH3 is 1. The van der Waals surface area contributed by atoms with E-state index in [-0.39, 0.29) is 11.4 Å². The number of halogens is 3. The number of amides is 2. The van der Waals surface area contributed by atoms with Crippen LogP contribution in [0.3, 0.4) is 0 Å². The van der Waals surface area contributed by atoms with Crippen molar-refractivity contribution in [3.05, 3.63) is 66.4 Å². The molecule has 1 aliphatic heterocycles. The number of fused-ring (bicyclic) bond motifs is 1. The molecule has 2 amide bonds. The minimum atomic E-state index is -4.89. The topological polar surface area (TPSA) is 119 Å². The molecule has 238 valence electrons. The van der Waals surface area contributed by atoms with Crippen LogP contribution in [0.15, 0.2) is 60.7 Å². The van der Waals surface area contributed by atoms with Crippen LogP contribution in [0.25, 0.3) is 10.8 Å². The summed E-state index contributed by atoms with van der Waals surface area (Å²) in [7, 11) is 1.33. The first kappa shape index (κ1) is 31.6. The smallest absolute Gasteiger partial charge is 0.495 e. The number of morpholine rings is 1. The average molecular weight is 627 g/mol. The monoisotopic (exact) mass is 626 g/mol. The van der Waals surface area contributed by atoms with Crippen molar-refractivity contribution in [3.63, 3.8) is 0 Å². The van der Waals surface area contributed by atoms with Crippen LogP contribution < -0.4 is 30.2 Å². The molecule has 1 aliphatic rings. The molecular weight excluding hydrogens is 593 g/mol. The number of ether oxygens (including phenoxy) is 4. The van der Waals surface area contributed by atoms with Gasteiger partial charge in [-0.1, -0.05) is 24.3 Å². The van der Waals surface area contributed by atoms with Crippen molar-refractivity contribution in [1.82, 2.24) is 14.9 Å². The van der Waals surface area contributed by atoms with Gasteiger partial charge in [-0.25, -0.2) is 9.78 Å². The molecule has 45 heavy (non-hydrogen) atoms. The van der Waals surface area contributed by atoms with Crippen molar-refractivity contribution in [2.45, 2.75) is 19.7 Å². The molecule has 0 saturated carbocycles. The van der Waals surface area contributed by atoms with Crippen molar-refractivity contribution in [2.24, 2.45) is 0 Å². The molecule has 2 heterocycles. The van der Waals surface area contributed by atoms with Crippen LogP contribution >= 0.6 is 0 Å². The Morgan fingerprint density at radius 3 is 2.44 bits per heavy atom. The van der Waals surface area contributed by atoms with Crippen LogP contribution in [-0.2, 0) is 4.74 Å². The summed E-state index contributed by atoms with van der Waals surface area (Å²) >= 11 is 0. The number of aromatic nitrogens is 2. The van der Waals surface area contributed by atoms with E-state index in [2.05, 4.69) is 35.6 Å². The minimum Gasteiger partial charge on any atom is -0.495 e. The highest BCUT2D eigenvalue weighted by molar-refractivity contribution is 6.08. The lowest BCUT2D eigenvalue weighted by Gasteiger charge is -2.26. The largest absolute Gasteiger partial charge is 0.573 e. The number of anilines is 3. The van der Waals surface area contributed by atoms with Crippen LogP contribution in [-0.4, -0.2) is 73.8 Å². The lowest BCUT2D eigenvalue weighted by atomic mass is 10.1. The first-order valence-electron chi connectivity index (χ1n) is 14.3. The molecule has 1 fully saturated rings. The van der Waals surface area contributed by atoms with Crippen LogP contribution in [0.5, 0.6) is 23.1 Å². The van der Waals surface area contributed by atoms with E-state index < -0.39 is 18.1 Å². The summed E-state index contributed by atoms with van der Waals surface area (Å²) in [5.41, 5.74) is 1.17. The first-order valence-corrected chi connectivity index (χ1v) is 14.3. The Hall–Kier alpha value is -4.82. The van der Waals surface area contributed by atoms with E-state index in [0.29, 0.717) is 40.6 Å². The summed E-state index contributed by atoms with van der Waals surface area (Å²) in [6, 6.07) is 15.1. The van der Waals surface area contributed by atoms with Gasteiger partial charge in [0, 0.05) is 48.2 Å². The van der Waals surface area contributed by atoms with E-state index in [9.17, 15) is 18.0 Å². The lowest BCUT2D eigenvalue weighted by molar-refractivity contribution is -0.274. The van der Waals surface area contributed by atoms with Gasteiger partial charge in [0.05, 0.1) is 31.7 Å². The lowest BCUT2D eigenvalue weighted by Crippen LogP contribution is -2.37. The van der Waals surface area contributed by atoms with Gasteiger partial charge in [0.25, 0.3) is 0 Å². The number of nitrogens with one attached hydrogen (secondary N) is 3. The van der Waals surface area contributed by atoms with Gasteiger partial charge in [0.1, 0.15) is 17.2 Å². The zero-order chi connectivity index (χ0) is 31.8. The van der Waals surface area contributed by atoms with Crippen LogP contribution in [0, 0.1) is 6.92 Å². The molecule has 0 bridgehead atoms. The summed E-state index contributed by atoms with van der Waals surface area (Å²) in [6.07, 6.45) is -3.96. The molecule has 3 aromatic carbocycles.